The largest absolute Gasteiger partial charge is 0.247 e. The molecule has 0 amide bonds. The third kappa shape index (κ3) is 6.07. The Morgan fingerprint density at radius 3 is 2.58 bits per heavy atom. The van der Waals surface area contributed by atoms with Gasteiger partial charge in [-0.3, -0.25) is 0 Å². The Kier molecular flexibility index (Phi) is 8.56. The molecule has 0 aromatic heterocycles. The van der Waals surface area contributed by atoms with Crippen molar-refractivity contribution in [1.29, 1.82) is 0 Å². The maximum absolute atomic E-state index is 14.4. The molecule has 1 heteroatoms. The summed E-state index contributed by atoms with van der Waals surface area (Å²) < 4.78 is 14.4. The molecule has 0 spiro atoms. The number of benzene rings is 1. The van der Waals surface area contributed by atoms with Crippen LogP contribution >= 0.6 is 0 Å². The van der Waals surface area contributed by atoms with E-state index in [1.165, 1.54) is 49.7 Å². The Balaban J connectivity index is 1.84. The zero-order valence-corrected chi connectivity index (χ0v) is 15.4. The molecule has 2 rings (SSSR count). The molecule has 1 aliphatic carbocycles. The van der Waals surface area contributed by atoms with E-state index in [-0.39, 0.29) is 5.92 Å². The molecule has 0 heterocycles. The number of allylic oxidation sites excluding steroid dienone is 1. The highest BCUT2D eigenvalue weighted by Gasteiger charge is 2.31. The van der Waals surface area contributed by atoms with Gasteiger partial charge >= 0.3 is 0 Å². The fraction of sp³-hybridized carbons (Fsp3) is 0.609. The minimum absolute atomic E-state index is 0.0628. The standard InChI is InChI=1S/C23H34F/c1-3-5-7-8-9-11-20-14-17-23(24)22(18-20)21-15-12-19(13-16-21)10-6-4-2/h4,12-13,15-17,20,22-23H,2-3,5-11,14,18H2,1H3. The monoisotopic (exact) mass is 329 g/mol. The lowest BCUT2D eigenvalue weighted by Crippen LogP contribution is -2.25. The minimum Gasteiger partial charge on any atom is -0.247 e. The molecule has 1 saturated carbocycles. The summed E-state index contributed by atoms with van der Waals surface area (Å²) in [6.07, 6.45) is 15.0. The highest BCUT2D eigenvalue weighted by Crippen LogP contribution is 2.39. The lowest BCUT2D eigenvalue weighted by Gasteiger charge is -2.32. The van der Waals surface area contributed by atoms with Crippen LogP contribution in [0.3, 0.4) is 0 Å². The second-order valence-corrected chi connectivity index (χ2v) is 7.40. The molecule has 1 aromatic rings. The van der Waals surface area contributed by atoms with Crippen molar-refractivity contribution in [3.8, 4) is 0 Å². The van der Waals surface area contributed by atoms with Crippen molar-refractivity contribution >= 4 is 0 Å². The molecule has 0 aliphatic heterocycles. The Morgan fingerprint density at radius 1 is 1.12 bits per heavy atom. The quantitative estimate of drug-likeness (QED) is 0.314. The number of rotatable bonds is 10. The summed E-state index contributed by atoms with van der Waals surface area (Å²) in [5.74, 6) is 0.733. The van der Waals surface area contributed by atoms with Crippen LogP contribution in [0, 0.1) is 12.3 Å². The van der Waals surface area contributed by atoms with E-state index in [4.69, 9.17) is 0 Å². The third-order valence-electron chi connectivity index (χ3n) is 5.43. The van der Waals surface area contributed by atoms with Crippen LogP contribution < -0.4 is 0 Å². The summed E-state index contributed by atoms with van der Waals surface area (Å²) in [6.45, 7) is 6.03. The van der Waals surface area contributed by atoms with E-state index < -0.39 is 6.17 Å². The van der Waals surface area contributed by atoms with E-state index >= 15 is 0 Å². The van der Waals surface area contributed by atoms with Crippen LogP contribution in [0.4, 0.5) is 4.39 Å². The summed E-state index contributed by atoms with van der Waals surface area (Å²) in [5.41, 5.74) is 2.50. The average Bonchev–Trinajstić information content (AvgIpc) is 2.61. The lowest BCUT2D eigenvalue weighted by molar-refractivity contribution is 0.220. The minimum atomic E-state index is -0.777. The summed E-state index contributed by atoms with van der Waals surface area (Å²) >= 11 is 0. The molecular formula is C23H34F. The second-order valence-electron chi connectivity index (χ2n) is 7.40. The second kappa shape index (κ2) is 10.7. The molecular weight excluding hydrogens is 295 g/mol. The van der Waals surface area contributed by atoms with E-state index in [2.05, 4.69) is 37.8 Å². The Bertz CT molecular complexity index is 461. The first-order valence-electron chi connectivity index (χ1n) is 9.91. The van der Waals surface area contributed by atoms with Crippen LogP contribution in [0.5, 0.6) is 0 Å². The first kappa shape index (κ1) is 19.2. The van der Waals surface area contributed by atoms with Crippen molar-refractivity contribution in [2.75, 3.05) is 0 Å². The van der Waals surface area contributed by atoms with Crippen molar-refractivity contribution < 1.29 is 4.39 Å². The van der Waals surface area contributed by atoms with Gasteiger partial charge in [-0.1, -0.05) is 75.8 Å². The molecule has 3 unspecified atom stereocenters. The molecule has 0 nitrogen and oxygen atoms in total. The number of aryl methyl sites for hydroxylation is 1. The van der Waals surface area contributed by atoms with Crippen LogP contribution in [0.2, 0.25) is 0 Å². The van der Waals surface area contributed by atoms with Gasteiger partial charge in [0, 0.05) is 5.92 Å². The molecule has 0 N–H and O–H groups in total. The van der Waals surface area contributed by atoms with Gasteiger partial charge in [-0.25, -0.2) is 4.39 Å². The van der Waals surface area contributed by atoms with E-state index in [0.29, 0.717) is 5.92 Å². The molecule has 0 saturated heterocycles. The van der Waals surface area contributed by atoms with Gasteiger partial charge in [0.1, 0.15) is 6.17 Å². The highest BCUT2D eigenvalue weighted by molar-refractivity contribution is 5.28. The maximum Gasteiger partial charge on any atom is 0.110 e. The van der Waals surface area contributed by atoms with Crippen molar-refractivity contribution in [3.05, 3.63) is 54.5 Å². The van der Waals surface area contributed by atoms with Gasteiger partial charge in [0.15, 0.2) is 0 Å². The van der Waals surface area contributed by atoms with Crippen molar-refractivity contribution in [2.24, 2.45) is 5.92 Å². The van der Waals surface area contributed by atoms with Crippen molar-refractivity contribution in [1.82, 2.24) is 0 Å². The zero-order chi connectivity index (χ0) is 17.2. The molecule has 1 aliphatic rings. The number of alkyl halides is 1. The topological polar surface area (TPSA) is 0 Å². The molecule has 3 atom stereocenters. The smallest absolute Gasteiger partial charge is 0.110 e. The predicted octanol–water partition coefficient (Wildman–Crippen LogP) is 7.20. The highest BCUT2D eigenvalue weighted by atomic mass is 19.1. The van der Waals surface area contributed by atoms with Gasteiger partial charge in [0.2, 0.25) is 0 Å². The molecule has 1 fully saturated rings. The normalized spacial score (nSPS) is 24.0. The van der Waals surface area contributed by atoms with Crippen LogP contribution in [-0.2, 0) is 6.42 Å². The van der Waals surface area contributed by atoms with Gasteiger partial charge in [0.25, 0.3) is 0 Å². The van der Waals surface area contributed by atoms with Crippen LogP contribution in [0.25, 0.3) is 0 Å². The number of halogens is 1. The summed E-state index contributed by atoms with van der Waals surface area (Å²) in [5, 5.41) is 0. The summed E-state index contributed by atoms with van der Waals surface area (Å²) in [6, 6.07) is 8.63. The number of unbranched alkanes of at least 4 members (excludes halogenated alkanes) is 4. The van der Waals surface area contributed by atoms with Crippen molar-refractivity contribution in [2.45, 2.75) is 83.2 Å². The van der Waals surface area contributed by atoms with E-state index in [9.17, 15) is 4.39 Å². The van der Waals surface area contributed by atoms with Gasteiger partial charge in [-0.2, -0.15) is 0 Å². The summed E-state index contributed by atoms with van der Waals surface area (Å²) in [7, 11) is 0. The molecule has 133 valence electrons. The van der Waals surface area contributed by atoms with Crippen LogP contribution in [-0.4, -0.2) is 6.17 Å². The zero-order valence-electron chi connectivity index (χ0n) is 15.4. The Morgan fingerprint density at radius 2 is 1.88 bits per heavy atom. The van der Waals surface area contributed by atoms with Gasteiger partial charge in [-0.05, 0) is 49.1 Å². The third-order valence-corrected chi connectivity index (χ3v) is 5.43. The first-order valence-corrected chi connectivity index (χ1v) is 9.91. The maximum atomic E-state index is 14.4. The lowest BCUT2D eigenvalue weighted by atomic mass is 9.75. The molecule has 1 aromatic carbocycles. The fourth-order valence-corrected chi connectivity index (χ4v) is 3.86. The van der Waals surface area contributed by atoms with E-state index in [0.717, 1.165) is 25.7 Å². The SMILES string of the molecule is C=CCCc1ccc(C2CC(CCCCCCC)C[CH]C2F)cc1. The Hall–Kier alpha value is -1.11. The number of hydrogen-bond donors (Lipinski definition) is 0. The van der Waals surface area contributed by atoms with Gasteiger partial charge in [0.05, 0.1) is 0 Å². The average molecular weight is 330 g/mol. The molecule has 24 heavy (non-hydrogen) atoms. The Labute approximate surface area is 148 Å². The summed E-state index contributed by atoms with van der Waals surface area (Å²) in [4.78, 5) is 0. The first-order chi connectivity index (χ1) is 11.7. The van der Waals surface area contributed by atoms with Crippen LogP contribution in [0.15, 0.2) is 36.9 Å². The van der Waals surface area contributed by atoms with Gasteiger partial charge in [-0.15, -0.1) is 6.58 Å². The fourth-order valence-electron chi connectivity index (χ4n) is 3.86. The number of hydrogen-bond acceptors (Lipinski definition) is 0. The predicted molar refractivity (Wildman–Crippen MR) is 103 cm³/mol. The molecule has 0 bridgehead atoms. The van der Waals surface area contributed by atoms with E-state index in [1.807, 2.05) is 12.5 Å². The molecule has 1 radical (unpaired) electrons. The van der Waals surface area contributed by atoms with Crippen LogP contribution in [0.1, 0.15) is 81.8 Å². The van der Waals surface area contributed by atoms with Gasteiger partial charge < -0.3 is 0 Å². The van der Waals surface area contributed by atoms with E-state index in [1.54, 1.807) is 0 Å². The van der Waals surface area contributed by atoms with Crippen molar-refractivity contribution in [3.63, 3.8) is 0 Å².